The summed E-state index contributed by atoms with van der Waals surface area (Å²) in [6.07, 6.45) is 0. The van der Waals surface area contributed by atoms with E-state index in [-0.39, 0.29) is 50.3 Å². The van der Waals surface area contributed by atoms with Gasteiger partial charge in [-0.25, -0.2) is 0 Å². The summed E-state index contributed by atoms with van der Waals surface area (Å²) in [5, 5.41) is 53.3. The molecule has 0 unspecified atom stereocenters. The molecule has 0 bridgehead atoms. The summed E-state index contributed by atoms with van der Waals surface area (Å²) in [6, 6.07) is 0. The number of hydrogen-bond donors (Lipinski definition) is 0. The molecule has 0 aliphatic heterocycles. The Balaban J connectivity index is -0.0000000201. The van der Waals surface area contributed by atoms with Crippen molar-refractivity contribution in [3.05, 3.63) is 0 Å². The number of carbonyl (C=O) groups excluding carboxylic acids is 6. The molecule has 0 aromatic rings. The Morgan fingerprint density at radius 1 is 0.333 bits per heavy atom. The number of aliphatic carboxylic acids is 6. The summed E-state index contributed by atoms with van der Waals surface area (Å²) in [6.45, 7) is 5.83. The second-order valence-electron chi connectivity index (χ2n) is 2.95. The quantitative estimate of drug-likeness (QED) is 0.283. The maximum atomic E-state index is 8.89. The fraction of sp³-hybridized carbons (Fsp3) is 0.500. The molecule has 0 aliphatic carbocycles. The first kappa shape index (κ1) is 56.2. The Labute approximate surface area is 186 Å². The molecule has 0 N–H and O–H groups in total. The van der Waals surface area contributed by atoms with Crippen LogP contribution in [0.1, 0.15) is 41.5 Å². The maximum absolute atomic E-state index is 8.89. The Kier molecular flexibility index (Phi) is 103. The predicted octanol–water partition coefficient (Wildman–Crippen LogP) is -7.47. The van der Waals surface area contributed by atoms with Gasteiger partial charge in [-0.15, -0.1) is 0 Å². The molecule has 165 valence electrons. The summed E-state index contributed by atoms with van der Waals surface area (Å²) in [5.74, 6) is -6.50. The third-order valence-electron chi connectivity index (χ3n) is 0. The molecule has 0 aliphatic rings. The van der Waals surface area contributed by atoms with Crippen molar-refractivity contribution in [2.45, 2.75) is 41.5 Å². The molecule has 0 saturated carbocycles. The molecule has 0 aromatic carbocycles. The monoisotopic (exact) mass is 531 g/mol. The van der Waals surface area contributed by atoms with Crippen LogP contribution in [-0.2, 0) is 79.1 Å². The van der Waals surface area contributed by atoms with E-state index in [0.29, 0.717) is 0 Å². The van der Waals surface area contributed by atoms with Crippen molar-refractivity contribution in [3.8, 4) is 0 Å². The Bertz CT molecular complexity index is 269. The van der Waals surface area contributed by atoms with Gasteiger partial charge >= 0.3 is 50.3 Å². The summed E-state index contributed by atoms with van der Waals surface area (Å²) in [7, 11) is 0. The van der Waals surface area contributed by atoms with Crippen molar-refractivity contribution >= 4 is 35.8 Å². The van der Waals surface area contributed by atoms with Gasteiger partial charge in [-0.3, -0.25) is 0 Å². The molecule has 15 heteroatoms. The van der Waals surface area contributed by atoms with Crippen molar-refractivity contribution in [2.75, 3.05) is 0 Å². The predicted molar refractivity (Wildman–Crippen MR) is 64.1 cm³/mol. The van der Waals surface area contributed by atoms with Crippen LogP contribution in [0.3, 0.4) is 0 Å². The van der Waals surface area contributed by atoms with Crippen LogP contribution in [0.15, 0.2) is 0 Å². The molecule has 0 fully saturated rings. The summed E-state index contributed by atoms with van der Waals surface area (Å²) in [4.78, 5) is 53.3. The number of carboxylic acid groups (broad SMARTS) is 6. The minimum Gasteiger partial charge on any atom is -0.550 e. The van der Waals surface area contributed by atoms with Gasteiger partial charge in [0.25, 0.3) is 0 Å². The largest absolute Gasteiger partial charge is 2.00 e. The van der Waals surface area contributed by atoms with Crippen LogP contribution in [-0.4, -0.2) is 35.8 Å². The molecule has 3 radical (unpaired) electrons. The molecule has 0 amide bonds. The minimum absolute atomic E-state index is 0. The first-order chi connectivity index (χ1) is 10.4. The SMILES string of the molecule is CC(=O)[O-].CC(=O)[O-].CC(=O)[O-].CC(=O)[O-].CC(=O)[O-].CC(=O)[O-].[Co+2].[Co+2].[Co+2]. The summed E-state index contributed by atoms with van der Waals surface area (Å²) < 4.78 is 0. The topological polar surface area (TPSA) is 241 Å². The maximum Gasteiger partial charge on any atom is 2.00 e. The molecule has 27 heavy (non-hydrogen) atoms. The van der Waals surface area contributed by atoms with E-state index in [2.05, 4.69) is 0 Å². The van der Waals surface area contributed by atoms with Gasteiger partial charge in [0.15, 0.2) is 0 Å². The van der Waals surface area contributed by atoms with Crippen molar-refractivity contribution < 1.29 is 110 Å². The van der Waals surface area contributed by atoms with Gasteiger partial charge in [0, 0.05) is 35.8 Å². The fourth-order valence-electron chi connectivity index (χ4n) is 0. The van der Waals surface area contributed by atoms with E-state index < -0.39 is 35.8 Å². The van der Waals surface area contributed by atoms with Crippen LogP contribution < -0.4 is 30.6 Å². The van der Waals surface area contributed by atoms with E-state index in [1.165, 1.54) is 0 Å². The van der Waals surface area contributed by atoms with Crippen LogP contribution in [0, 0.1) is 0 Å². The normalized spacial score (nSPS) is 5.56. The third kappa shape index (κ3) is 4410. The van der Waals surface area contributed by atoms with Gasteiger partial charge in [0.05, 0.1) is 0 Å². The summed E-state index contributed by atoms with van der Waals surface area (Å²) in [5.41, 5.74) is 0. The van der Waals surface area contributed by atoms with E-state index >= 15 is 0 Å². The number of carboxylic acids is 6. The van der Waals surface area contributed by atoms with Gasteiger partial charge < -0.3 is 59.4 Å². The number of hydrogen-bond acceptors (Lipinski definition) is 12. The van der Waals surface area contributed by atoms with Gasteiger partial charge in [-0.1, -0.05) is 0 Å². The smallest absolute Gasteiger partial charge is 0.550 e. The van der Waals surface area contributed by atoms with Gasteiger partial charge in [0.2, 0.25) is 0 Å². The molecule has 0 heterocycles. The molecule has 0 rings (SSSR count). The molecule has 0 aromatic heterocycles. The Morgan fingerprint density at radius 3 is 0.333 bits per heavy atom. The first-order valence-electron chi connectivity index (χ1n) is 5.45. The second kappa shape index (κ2) is 49.7. The van der Waals surface area contributed by atoms with Gasteiger partial charge in [-0.05, 0) is 41.5 Å². The van der Waals surface area contributed by atoms with E-state index in [1.54, 1.807) is 0 Å². The molecule has 0 spiro atoms. The van der Waals surface area contributed by atoms with Gasteiger partial charge in [0.1, 0.15) is 0 Å². The van der Waals surface area contributed by atoms with E-state index in [4.69, 9.17) is 59.4 Å². The van der Waals surface area contributed by atoms with E-state index in [0.717, 1.165) is 41.5 Å². The number of carbonyl (C=O) groups is 6. The Morgan fingerprint density at radius 2 is 0.333 bits per heavy atom. The zero-order valence-corrected chi connectivity index (χ0v) is 18.0. The third-order valence-corrected chi connectivity index (χ3v) is 0. The van der Waals surface area contributed by atoms with Crippen LogP contribution in [0.5, 0.6) is 0 Å². The second-order valence-corrected chi connectivity index (χ2v) is 2.95. The summed E-state index contributed by atoms with van der Waals surface area (Å²) >= 11 is 0. The van der Waals surface area contributed by atoms with Crippen LogP contribution in [0.25, 0.3) is 0 Å². The van der Waals surface area contributed by atoms with Crippen LogP contribution in [0.2, 0.25) is 0 Å². The fourth-order valence-corrected chi connectivity index (χ4v) is 0. The van der Waals surface area contributed by atoms with Gasteiger partial charge in [-0.2, -0.15) is 0 Å². The minimum atomic E-state index is -1.08. The van der Waals surface area contributed by atoms with Crippen molar-refractivity contribution in [1.29, 1.82) is 0 Å². The first-order valence-corrected chi connectivity index (χ1v) is 5.45. The van der Waals surface area contributed by atoms with Crippen molar-refractivity contribution in [3.63, 3.8) is 0 Å². The Hall–Kier alpha value is -1.66. The molecule has 0 atom stereocenters. The van der Waals surface area contributed by atoms with Crippen molar-refractivity contribution in [2.24, 2.45) is 0 Å². The van der Waals surface area contributed by atoms with Crippen molar-refractivity contribution in [1.82, 2.24) is 0 Å². The zero-order valence-electron chi connectivity index (χ0n) is 14.9. The average molecular weight is 531 g/mol. The average Bonchev–Trinajstić information content (AvgIpc) is 2.08. The molecular formula is C12H18Co3O12. The molecular weight excluding hydrogens is 513 g/mol. The van der Waals surface area contributed by atoms with E-state index in [1.807, 2.05) is 0 Å². The zero-order chi connectivity index (χ0) is 21.5. The van der Waals surface area contributed by atoms with Crippen LogP contribution >= 0.6 is 0 Å². The molecule has 12 nitrogen and oxygen atoms in total. The van der Waals surface area contributed by atoms with E-state index in [9.17, 15) is 0 Å². The molecule has 0 saturated heterocycles. The number of rotatable bonds is 0. The standard InChI is InChI=1S/6C2H4O2.3Co/c6*1-2(3)4;;;/h6*1H3,(H,3,4);;;/q;;;;;;3*+2/p-6. The van der Waals surface area contributed by atoms with Crippen LogP contribution in [0.4, 0.5) is 0 Å².